The smallest absolute Gasteiger partial charge is 0.297 e. The summed E-state index contributed by atoms with van der Waals surface area (Å²) >= 11 is 0. The second kappa shape index (κ2) is 5.32. The first kappa shape index (κ1) is 16.6. The number of hydrogen-bond acceptors (Lipinski definition) is 6. The molecule has 3 N–H and O–H groups in total. The maximum Gasteiger partial charge on any atom is 0.297 e. The molecule has 3 aliphatic rings. The molecule has 7 heteroatoms. The Balaban J connectivity index is 1.84. The normalized spacial score (nSPS) is 42.2. The zero-order valence-electron chi connectivity index (χ0n) is 14.1. The summed E-state index contributed by atoms with van der Waals surface area (Å²) in [4.78, 5) is 16.0. The van der Waals surface area contributed by atoms with Crippen molar-refractivity contribution in [2.45, 2.75) is 56.8 Å². The van der Waals surface area contributed by atoms with Crippen LogP contribution >= 0.6 is 0 Å². The van der Waals surface area contributed by atoms with Gasteiger partial charge >= 0.3 is 0 Å². The van der Waals surface area contributed by atoms with Gasteiger partial charge in [0, 0.05) is 12.3 Å². The highest BCUT2D eigenvalue weighted by Crippen LogP contribution is 2.64. The molecule has 1 aromatic carbocycles. The van der Waals surface area contributed by atoms with E-state index >= 15 is 0 Å². The lowest BCUT2D eigenvalue weighted by molar-refractivity contribution is -0.800. The minimum atomic E-state index is -1.92. The quantitative estimate of drug-likeness (QED) is 0.428. The fourth-order valence-electron chi connectivity index (χ4n) is 5.99. The van der Waals surface area contributed by atoms with Gasteiger partial charge in [-0.25, -0.2) is 0 Å². The van der Waals surface area contributed by atoms with Gasteiger partial charge in [-0.15, -0.1) is 10.1 Å². The SMILES string of the molecule is C[C@@]12C[C@H](O)C[C@H]1[C@@H]1CCc3cc(O)ccc3[C@H]1[C@](O)(O[N+](=O)[O-])C2. The first-order valence-corrected chi connectivity index (χ1v) is 8.78. The molecular formula is C18H23NO6. The van der Waals surface area contributed by atoms with Gasteiger partial charge in [0.2, 0.25) is 5.79 Å². The highest BCUT2D eigenvalue weighted by molar-refractivity contribution is 5.41. The van der Waals surface area contributed by atoms with E-state index in [4.69, 9.17) is 4.84 Å². The van der Waals surface area contributed by atoms with E-state index in [-0.39, 0.29) is 29.4 Å². The van der Waals surface area contributed by atoms with Gasteiger partial charge in [0.1, 0.15) is 5.75 Å². The molecule has 0 saturated heterocycles. The van der Waals surface area contributed by atoms with Crippen LogP contribution in [0.15, 0.2) is 18.2 Å². The summed E-state index contributed by atoms with van der Waals surface area (Å²) in [5.74, 6) is -2.13. The Morgan fingerprint density at radius 3 is 2.88 bits per heavy atom. The first-order valence-electron chi connectivity index (χ1n) is 8.78. The third kappa shape index (κ3) is 2.48. The van der Waals surface area contributed by atoms with Crippen LogP contribution in [0.2, 0.25) is 0 Å². The van der Waals surface area contributed by atoms with E-state index < -0.39 is 22.9 Å². The van der Waals surface area contributed by atoms with Crippen LogP contribution in [0.3, 0.4) is 0 Å². The molecule has 0 aliphatic heterocycles. The molecule has 136 valence electrons. The van der Waals surface area contributed by atoms with Crippen LogP contribution in [-0.2, 0) is 11.3 Å². The number of benzene rings is 1. The van der Waals surface area contributed by atoms with Crippen molar-refractivity contribution >= 4 is 0 Å². The largest absolute Gasteiger partial charge is 0.508 e. The van der Waals surface area contributed by atoms with Gasteiger partial charge in [0.05, 0.1) is 6.10 Å². The summed E-state index contributed by atoms with van der Waals surface area (Å²) in [5, 5.41) is 41.4. The molecule has 0 unspecified atom stereocenters. The minimum Gasteiger partial charge on any atom is -0.508 e. The number of hydrogen-bond donors (Lipinski definition) is 3. The molecule has 7 nitrogen and oxygen atoms in total. The summed E-state index contributed by atoms with van der Waals surface area (Å²) in [7, 11) is 0. The standard InChI is InChI=1S/C18H23NO6/c1-17-8-12(21)7-15(17)14-4-2-10-6-11(20)3-5-13(10)16(14)18(22,9-17)25-19(23)24/h3,5-6,12,14-16,20-22H,2,4,7-9H2,1H3/t12-,14+,15+,16-,17+,18-/m1/s1. The number of rotatable bonds is 2. The number of aryl methyl sites for hydroxylation is 1. The second-order valence-electron chi connectivity index (χ2n) is 8.25. The summed E-state index contributed by atoms with van der Waals surface area (Å²) in [6, 6.07) is 4.95. The Labute approximate surface area is 145 Å². The number of nitrogens with zero attached hydrogens (tertiary/aromatic N) is 1. The van der Waals surface area contributed by atoms with Crippen molar-refractivity contribution in [1.29, 1.82) is 0 Å². The van der Waals surface area contributed by atoms with Crippen molar-refractivity contribution < 1.29 is 25.2 Å². The van der Waals surface area contributed by atoms with Gasteiger partial charge in [-0.05, 0) is 66.2 Å². The molecule has 0 amide bonds. The molecule has 2 saturated carbocycles. The number of phenols is 1. The molecule has 0 aromatic heterocycles. The minimum absolute atomic E-state index is 0.00195. The van der Waals surface area contributed by atoms with Crippen molar-refractivity contribution in [3.05, 3.63) is 39.4 Å². The lowest BCUT2D eigenvalue weighted by atomic mass is 9.53. The van der Waals surface area contributed by atoms with Gasteiger partial charge in [-0.1, -0.05) is 13.0 Å². The van der Waals surface area contributed by atoms with Crippen LogP contribution in [0.25, 0.3) is 0 Å². The number of aliphatic hydroxyl groups excluding tert-OH is 1. The molecule has 0 radical (unpaired) electrons. The zero-order valence-corrected chi connectivity index (χ0v) is 14.1. The molecule has 1 aromatic rings. The predicted octanol–water partition coefficient (Wildman–Crippen LogP) is 2.12. The van der Waals surface area contributed by atoms with Gasteiger partial charge < -0.3 is 15.3 Å². The summed E-state index contributed by atoms with van der Waals surface area (Å²) < 4.78 is 0. The summed E-state index contributed by atoms with van der Waals surface area (Å²) in [6.07, 6.45) is 2.32. The number of aliphatic hydroxyl groups is 2. The van der Waals surface area contributed by atoms with E-state index in [9.17, 15) is 25.4 Å². The second-order valence-corrected chi connectivity index (χ2v) is 8.25. The van der Waals surface area contributed by atoms with Crippen molar-refractivity contribution in [2.75, 3.05) is 0 Å². The molecular weight excluding hydrogens is 326 g/mol. The topological polar surface area (TPSA) is 113 Å². The zero-order chi connectivity index (χ0) is 18.0. The summed E-state index contributed by atoms with van der Waals surface area (Å²) in [5.41, 5.74) is 1.32. The Kier molecular flexibility index (Phi) is 3.53. The van der Waals surface area contributed by atoms with Crippen LogP contribution < -0.4 is 0 Å². The van der Waals surface area contributed by atoms with Crippen LogP contribution in [0, 0.1) is 27.4 Å². The Morgan fingerprint density at radius 1 is 1.40 bits per heavy atom. The molecule has 0 bridgehead atoms. The fraction of sp³-hybridized carbons (Fsp3) is 0.667. The van der Waals surface area contributed by atoms with Crippen LogP contribution in [0.1, 0.15) is 49.7 Å². The van der Waals surface area contributed by atoms with Gasteiger partial charge in [0.25, 0.3) is 5.09 Å². The van der Waals surface area contributed by atoms with Gasteiger partial charge in [-0.3, -0.25) is 4.84 Å². The average molecular weight is 349 g/mol. The molecule has 0 heterocycles. The van der Waals surface area contributed by atoms with E-state index in [0.29, 0.717) is 12.8 Å². The molecule has 3 aliphatic carbocycles. The monoisotopic (exact) mass is 349 g/mol. The maximum atomic E-state index is 11.2. The molecule has 25 heavy (non-hydrogen) atoms. The van der Waals surface area contributed by atoms with E-state index in [0.717, 1.165) is 24.0 Å². The van der Waals surface area contributed by atoms with E-state index in [2.05, 4.69) is 0 Å². The predicted molar refractivity (Wildman–Crippen MR) is 87.1 cm³/mol. The average Bonchev–Trinajstić information content (AvgIpc) is 2.79. The third-order valence-electron chi connectivity index (χ3n) is 6.65. The van der Waals surface area contributed by atoms with Crippen molar-refractivity contribution in [1.82, 2.24) is 0 Å². The number of aromatic hydroxyl groups is 1. The molecule has 2 fully saturated rings. The fourth-order valence-corrected chi connectivity index (χ4v) is 5.99. The van der Waals surface area contributed by atoms with Gasteiger partial charge in [0.15, 0.2) is 0 Å². The Bertz CT molecular complexity index is 724. The van der Waals surface area contributed by atoms with Crippen molar-refractivity contribution in [3.63, 3.8) is 0 Å². The third-order valence-corrected chi connectivity index (χ3v) is 6.65. The molecule has 0 spiro atoms. The number of phenolic OH excluding ortho intramolecular Hbond substituents is 1. The summed E-state index contributed by atoms with van der Waals surface area (Å²) in [6.45, 7) is 1.99. The van der Waals surface area contributed by atoms with E-state index in [1.165, 1.54) is 0 Å². The first-order chi connectivity index (χ1) is 11.7. The molecule has 4 rings (SSSR count). The van der Waals surface area contributed by atoms with E-state index in [1.54, 1.807) is 18.2 Å². The van der Waals surface area contributed by atoms with Gasteiger partial charge in [-0.2, -0.15) is 0 Å². The lowest BCUT2D eigenvalue weighted by Gasteiger charge is -2.55. The highest BCUT2D eigenvalue weighted by atomic mass is 17.0. The molecule has 6 atom stereocenters. The number of fused-ring (bicyclic) bond motifs is 5. The van der Waals surface area contributed by atoms with Crippen LogP contribution in [0.5, 0.6) is 5.75 Å². The Hall–Kier alpha value is -1.86. The maximum absolute atomic E-state index is 11.2. The highest BCUT2D eigenvalue weighted by Gasteiger charge is 2.63. The van der Waals surface area contributed by atoms with Crippen LogP contribution in [-0.4, -0.2) is 32.3 Å². The Morgan fingerprint density at radius 2 is 2.16 bits per heavy atom. The van der Waals surface area contributed by atoms with Crippen LogP contribution in [0.4, 0.5) is 0 Å². The van der Waals surface area contributed by atoms with Crippen molar-refractivity contribution in [2.24, 2.45) is 17.3 Å². The van der Waals surface area contributed by atoms with Crippen molar-refractivity contribution in [3.8, 4) is 5.75 Å². The lowest BCUT2D eigenvalue weighted by Crippen LogP contribution is -2.56. The van der Waals surface area contributed by atoms with E-state index in [1.807, 2.05) is 6.92 Å².